The molecule has 2 rings (SSSR count). The molecular formula is C10H8BrClFN3. The predicted molar refractivity (Wildman–Crippen MR) is 63.4 cm³/mol. The van der Waals surface area contributed by atoms with Gasteiger partial charge in [0.25, 0.3) is 0 Å². The van der Waals surface area contributed by atoms with Crippen molar-refractivity contribution in [3.05, 3.63) is 39.6 Å². The number of rotatable bonds is 2. The molecule has 0 fully saturated rings. The lowest BCUT2D eigenvalue weighted by molar-refractivity contribution is 0.620. The van der Waals surface area contributed by atoms with Crippen LogP contribution in [0.25, 0.3) is 5.69 Å². The van der Waals surface area contributed by atoms with Gasteiger partial charge in [0.05, 0.1) is 10.2 Å². The van der Waals surface area contributed by atoms with E-state index >= 15 is 0 Å². The molecule has 16 heavy (non-hydrogen) atoms. The van der Waals surface area contributed by atoms with E-state index in [9.17, 15) is 4.39 Å². The molecule has 1 aromatic heterocycles. The van der Waals surface area contributed by atoms with E-state index in [1.807, 2.05) is 6.92 Å². The van der Waals surface area contributed by atoms with Crippen LogP contribution in [0.3, 0.4) is 0 Å². The topological polar surface area (TPSA) is 30.7 Å². The van der Waals surface area contributed by atoms with Crippen LogP contribution in [0.4, 0.5) is 4.39 Å². The molecule has 0 saturated heterocycles. The average molecular weight is 305 g/mol. The number of hydrogen-bond donors (Lipinski definition) is 0. The molecule has 0 atom stereocenters. The predicted octanol–water partition coefficient (Wildman–Crippen LogP) is 3.38. The molecule has 0 unspecified atom stereocenters. The second kappa shape index (κ2) is 4.51. The maximum atomic E-state index is 13.1. The van der Waals surface area contributed by atoms with Crippen molar-refractivity contribution >= 4 is 27.5 Å². The Morgan fingerprint density at radius 2 is 2.19 bits per heavy atom. The highest BCUT2D eigenvalue weighted by molar-refractivity contribution is 9.10. The second-order valence-electron chi connectivity index (χ2n) is 3.17. The minimum atomic E-state index is -0.314. The van der Waals surface area contributed by atoms with E-state index in [1.54, 1.807) is 16.7 Å². The van der Waals surface area contributed by atoms with Crippen LogP contribution in [-0.4, -0.2) is 14.8 Å². The van der Waals surface area contributed by atoms with Gasteiger partial charge >= 0.3 is 0 Å². The number of halogens is 3. The summed E-state index contributed by atoms with van der Waals surface area (Å²) in [5, 5.41) is 7.99. The zero-order valence-corrected chi connectivity index (χ0v) is 10.8. The summed E-state index contributed by atoms with van der Waals surface area (Å²) < 4.78 is 15.2. The largest absolute Gasteiger partial charge is 0.270 e. The van der Waals surface area contributed by atoms with Crippen LogP contribution in [-0.2, 0) is 6.42 Å². The van der Waals surface area contributed by atoms with E-state index in [2.05, 4.69) is 26.1 Å². The van der Waals surface area contributed by atoms with E-state index in [4.69, 9.17) is 11.6 Å². The van der Waals surface area contributed by atoms with Crippen LogP contribution in [0, 0.1) is 5.82 Å². The van der Waals surface area contributed by atoms with Gasteiger partial charge in [0, 0.05) is 6.42 Å². The summed E-state index contributed by atoms with van der Waals surface area (Å²) >= 11 is 9.06. The minimum absolute atomic E-state index is 0.273. The van der Waals surface area contributed by atoms with Crippen molar-refractivity contribution in [1.29, 1.82) is 0 Å². The fourth-order valence-corrected chi connectivity index (χ4v) is 2.00. The van der Waals surface area contributed by atoms with E-state index in [0.717, 1.165) is 11.5 Å². The van der Waals surface area contributed by atoms with E-state index in [0.29, 0.717) is 10.9 Å². The zero-order chi connectivity index (χ0) is 11.7. The Bertz CT molecular complexity index is 527. The van der Waals surface area contributed by atoms with Crippen molar-refractivity contribution in [2.24, 2.45) is 0 Å². The lowest BCUT2D eigenvalue weighted by atomic mass is 10.3. The Kier molecular flexibility index (Phi) is 3.25. The van der Waals surface area contributed by atoms with Gasteiger partial charge in [0.15, 0.2) is 0 Å². The van der Waals surface area contributed by atoms with Crippen molar-refractivity contribution in [1.82, 2.24) is 14.8 Å². The van der Waals surface area contributed by atoms with Gasteiger partial charge < -0.3 is 0 Å². The van der Waals surface area contributed by atoms with E-state index < -0.39 is 0 Å². The fraction of sp³-hybridized carbons (Fsp3) is 0.200. The molecule has 0 aliphatic heterocycles. The first-order valence-corrected chi connectivity index (χ1v) is 5.85. The summed E-state index contributed by atoms with van der Waals surface area (Å²) in [6.07, 6.45) is 0.703. The molecular weight excluding hydrogens is 296 g/mol. The monoisotopic (exact) mass is 303 g/mol. The van der Waals surface area contributed by atoms with E-state index in [-0.39, 0.29) is 11.1 Å². The number of benzene rings is 1. The summed E-state index contributed by atoms with van der Waals surface area (Å²) in [6.45, 7) is 1.95. The van der Waals surface area contributed by atoms with Gasteiger partial charge in [-0.05, 0) is 45.7 Å². The number of nitrogens with zero attached hydrogens (tertiary/aromatic N) is 3. The van der Waals surface area contributed by atoms with Crippen LogP contribution in [0.5, 0.6) is 0 Å². The molecule has 0 N–H and O–H groups in total. The maximum absolute atomic E-state index is 13.1. The molecule has 0 aliphatic rings. The molecule has 0 aliphatic carbocycles. The Morgan fingerprint density at radius 3 is 2.81 bits per heavy atom. The van der Waals surface area contributed by atoms with Crippen LogP contribution < -0.4 is 0 Å². The normalized spacial score (nSPS) is 10.8. The van der Waals surface area contributed by atoms with Crippen molar-refractivity contribution in [3.8, 4) is 5.69 Å². The zero-order valence-electron chi connectivity index (χ0n) is 8.41. The Morgan fingerprint density at radius 1 is 1.44 bits per heavy atom. The molecule has 0 radical (unpaired) electrons. The fourth-order valence-electron chi connectivity index (χ4n) is 1.40. The van der Waals surface area contributed by atoms with Crippen LogP contribution in [0.15, 0.2) is 22.7 Å². The molecule has 0 amide bonds. The molecule has 0 saturated carbocycles. The first-order valence-electron chi connectivity index (χ1n) is 4.68. The number of hydrogen-bond acceptors (Lipinski definition) is 2. The Labute approximate surface area is 105 Å². The highest BCUT2D eigenvalue weighted by atomic mass is 79.9. The van der Waals surface area contributed by atoms with Crippen molar-refractivity contribution < 1.29 is 4.39 Å². The minimum Gasteiger partial charge on any atom is -0.270 e. The lowest BCUT2D eigenvalue weighted by Gasteiger charge is -2.07. The Hall–Kier alpha value is -0.940. The van der Waals surface area contributed by atoms with Gasteiger partial charge in [-0.3, -0.25) is 4.57 Å². The molecule has 6 heteroatoms. The SMILES string of the molecule is CCc1nnc(Cl)n1-c1ccc(F)c(Br)c1. The third-order valence-electron chi connectivity index (χ3n) is 2.17. The van der Waals surface area contributed by atoms with Crippen LogP contribution >= 0.6 is 27.5 Å². The van der Waals surface area contributed by atoms with Crippen molar-refractivity contribution in [2.45, 2.75) is 13.3 Å². The third kappa shape index (κ3) is 1.97. The molecule has 1 aromatic carbocycles. The quantitative estimate of drug-likeness (QED) is 0.851. The van der Waals surface area contributed by atoms with Gasteiger partial charge in [0.2, 0.25) is 5.28 Å². The summed E-state index contributed by atoms with van der Waals surface area (Å²) in [6, 6.07) is 4.65. The summed E-state index contributed by atoms with van der Waals surface area (Å²) in [4.78, 5) is 0. The van der Waals surface area contributed by atoms with Crippen molar-refractivity contribution in [3.63, 3.8) is 0 Å². The average Bonchev–Trinajstić information content (AvgIpc) is 2.64. The molecule has 84 valence electrons. The number of aromatic nitrogens is 3. The van der Waals surface area contributed by atoms with Gasteiger partial charge in [-0.1, -0.05) is 6.92 Å². The van der Waals surface area contributed by atoms with Crippen molar-refractivity contribution in [2.75, 3.05) is 0 Å². The number of aryl methyl sites for hydroxylation is 1. The van der Waals surface area contributed by atoms with Gasteiger partial charge in [-0.15, -0.1) is 10.2 Å². The third-order valence-corrected chi connectivity index (χ3v) is 3.02. The van der Waals surface area contributed by atoms with Gasteiger partial charge in [-0.25, -0.2) is 4.39 Å². The first-order chi connectivity index (χ1) is 7.63. The molecule has 2 aromatic rings. The lowest BCUT2D eigenvalue weighted by Crippen LogP contribution is -2.00. The molecule has 0 spiro atoms. The van der Waals surface area contributed by atoms with Crippen LogP contribution in [0.1, 0.15) is 12.7 Å². The summed E-state index contributed by atoms with van der Waals surface area (Å²) in [7, 11) is 0. The van der Waals surface area contributed by atoms with Crippen LogP contribution in [0.2, 0.25) is 5.28 Å². The molecule has 3 nitrogen and oxygen atoms in total. The summed E-state index contributed by atoms with van der Waals surface area (Å²) in [5.41, 5.74) is 0.736. The first kappa shape index (κ1) is 11.5. The molecule has 0 bridgehead atoms. The smallest absolute Gasteiger partial charge is 0.229 e. The maximum Gasteiger partial charge on any atom is 0.229 e. The summed E-state index contributed by atoms with van der Waals surface area (Å²) in [5.74, 6) is 0.425. The Balaban J connectivity index is 2.57. The highest BCUT2D eigenvalue weighted by Crippen LogP contribution is 2.23. The highest BCUT2D eigenvalue weighted by Gasteiger charge is 2.11. The van der Waals surface area contributed by atoms with Gasteiger partial charge in [-0.2, -0.15) is 0 Å². The van der Waals surface area contributed by atoms with Gasteiger partial charge in [0.1, 0.15) is 11.6 Å². The second-order valence-corrected chi connectivity index (χ2v) is 4.37. The standard InChI is InChI=1S/C10H8BrClFN3/c1-2-9-14-15-10(12)16(9)6-3-4-8(13)7(11)5-6/h3-5H,2H2,1H3. The van der Waals surface area contributed by atoms with E-state index in [1.165, 1.54) is 6.07 Å². The molecule has 1 heterocycles.